The van der Waals surface area contributed by atoms with Gasteiger partial charge in [-0.05, 0) is 18.2 Å². The van der Waals surface area contributed by atoms with Crippen molar-refractivity contribution in [2.75, 3.05) is 7.11 Å². The lowest BCUT2D eigenvalue weighted by Gasteiger charge is -2.10. The number of rotatable bonds is 3. The minimum absolute atomic E-state index is 0.0509. The van der Waals surface area contributed by atoms with Crippen molar-refractivity contribution in [3.8, 4) is 22.8 Å². The molecule has 0 aliphatic carbocycles. The van der Waals surface area contributed by atoms with E-state index in [4.69, 9.17) is 4.74 Å². The summed E-state index contributed by atoms with van der Waals surface area (Å²) >= 11 is 0. The second kappa shape index (κ2) is 5.55. The molecule has 0 fully saturated rings. The number of H-pyrrole nitrogens is 1. The van der Waals surface area contributed by atoms with Crippen LogP contribution in [0.4, 0.5) is 4.39 Å². The molecule has 0 saturated heterocycles. The molecule has 0 aliphatic heterocycles. The molecular weight excluding hydrogens is 327 g/mol. The Balaban J connectivity index is 2.00. The topological polar surface area (TPSA) is 90.6 Å². The lowest BCUT2D eigenvalue weighted by molar-refractivity contribution is 0.406. The molecule has 9 heteroatoms. The maximum Gasteiger partial charge on any atom is 0.273 e. The van der Waals surface area contributed by atoms with Crippen LogP contribution in [-0.2, 0) is 7.05 Å². The van der Waals surface area contributed by atoms with Crippen LogP contribution >= 0.6 is 0 Å². The van der Waals surface area contributed by atoms with E-state index in [0.717, 1.165) is 4.68 Å². The predicted molar refractivity (Wildman–Crippen MR) is 88.2 cm³/mol. The normalized spacial score (nSPS) is 11.2. The Morgan fingerprint density at radius 2 is 2.08 bits per heavy atom. The summed E-state index contributed by atoms with van der Waals surface area (Å²) in [6.07, 6.45) is 1.77. The van der Waals surface area contributed by atoms with E-state index in [1.165, 1.54) is 25.3 Å². The summed E-state index contributed by atoms with van der Waals surface area (Å²) in [5.41, 5.74) is 1.35. The van der Waals surface area contributed by atoms with Gasteiger partial charge in [-0.25, -0.2) is 4.39 Å². The van der Waals surface area contributed by atoms with Crippen molar-refractivity contribution in [3.05, 3.63) is 52.7 Å². The summed E-state index contributed by atoms with van der Waals surface area (Å²) in [7, 11) is 3.19. The van der Waals surface area contributed by atoms with Crippen LogP contribution in [-0.4, -0.2) is 36.9 Å². The van der Waals surface area contributed by atoms with E-state index in [2.05, 4.69) is 20.4 Å². The Morgan fingerprint density at radius 3 is 2.80 bits per heavy atom. The van der Waals surface area contributed by atoms with Crippen molar-refractivity contribution in [2.45, 2.75) is 0 Å². The molecule has 3 aromatic heterocycles. The van der Waals surface area contributed by atoms with Crippen LogP contribution in [0.1, 0.15) is 0 Å². The first-order valence-corrected chi connectivity index (χ1v) is 7.40. The van der Waals surface area contributed by atoms with Gasteiger partial charge in [0.25, 0.3) is 5.56 Å². The fourth-order valence-corrected chi connectivity index (χ4v) is 2.63. The van der Waals surface area contributed by atoms with Crippen molar-refractivity contribution < 1.29 is 9.13 Å². The SMILES string of the molecule is COc1cccc(F)c1-n1nc2c(-c3ccn(C)n3)n[nH]c2cc1=O. The second-order valence-electron chi connectivity index (χ2n) is 5.39. The molecule has 0 bridgehead atoms. The summed E-state index contributed by atoms with van der Waals surface area (Å²) in [4.78, 5) is 12.4. The number of benzene rings is 1. The Hall–Kier alpha value is -3.49. The summed E-state index contributed by atoms with van der Waals surface area (Å²) < 4.78 is 22.1. The molecule has 0 radical (unpaired) electrons. The highest BCUT2D eigenvalue weighted by molar-refractivity contribution is 5.87. The average Bonchev–Trinajstić information content (AvgIpc) is 3.19. The fraction of sp³-hybridized carbons (Fsp3) is 0.125. The summed E-state index contributed by atoms with van der Waals surface area (Å²) in [5, 5.41) is 15.5. The maximum atomic E-state index is 14.3. The number of nitrogens with zero attached hydrogens (tertiary/aromatic N) is 5. The summed E-state index contributed by atoms with van der Waals surface area (Å²) in [5.74, 6) is -0.409. The molecule has 4 aromatic rings. The van der Waals surface area contributed by atoms with Gasteiger partial charge in [0.2, 0.25) is 0 Å². The molecule has 0 atom stereocenters. The maximum absolute atomic E-state index is 14.3. The zero-order valence-electron chi connectivity index (χ0n) is 13.4. The summed E-state index contributed by atoms with van der Waals surface area (Å²) in [6, 6.07) is 7.39. The highest BCUT2D eigenvalue weighted by atomic mass is 19.1. The predicted octanol–water partition coefficient (Wildman–Crippen LogP) is 1.66. The van der Waals surface area contributed by atoms with Gasteiger partial charge in [-0.2, -0.15) is 20.0 Å². The van der Waals surface area contributed by atoms with Gasteiger partial charge >= 0.3 is 0 Å². The zero-order valence-corrected chi connectivity index (χ0v) is 13.4. The van der Waals surface area contributed by atoms with Crippen molar-refractivity contribution in [1.29, 1.82) is 0 Å². The Kier molecular flexibility index (Phi) is 3.34. The van der Waals surface area contributed by atoms with E-state index >= 15 is 0 Å². The molecule has 25 heavy (non-hydrogen) atoms. The van der Waals surface area contributed by atoms with Crippen LogP contribution in [0.2, 0.25) is 0 Å². The number of aryl methyl sites for hydroxylation is 1. The Morgan fingerprint density at radius 1 is 1.24 bits per heavy atom. The molecule has 4 rings (SSSR count). The van der Waals surface area contributed by atoms with Gasteiger partial charge in [-0.15, -0.1) is 0 Å². The number of fused-ring (bicyclic) bond motifs is 1. The highest BCUT2D eigenvalue weighted by Gasteiger charge is 2.18. The van der Waals surface area contributed by atoms with Crippen LogP contribution in [0.3, 0.4) is 0 Å². The molecule has 3 heterocycles. The van der Waals surface area contributed by atoms with Gasteiger partial charge in [-0.1, -0.05) is 6.07 Å². The van der Waals surface area contributed by atoms with E-state index in [1.807, 2.05) is 0 Å². The Labute approximate surface area is 140 Å². The van der Waals surface area contributed by atoms with Gasteiger partial charge in [0.05, 0.1) is 12.6 Å². The smallest absolute Gasteiger partial charge is 0.273 e. The molecule has 0 saturated carbocycles. The number of halogens is 1. The minimum Gasteiger partial charge on any atom is -0.494 e. The van der Waals surface area contributed by atoms with Crippen LogP contribution < -0.4 is 10.3 Å². The van der Waals surface area contributed by atoms with Gasteiger partial charge in [-0.3, -0.25) is 14.6 Å². The highest BCUT2D eigenvalue weighted by Crippen LogP contribution is 2.26. The van der Waals surface area contributed by atoms with Crippen LogP contribution in [0, 0.1) is 5.82 Å². The third-order valence-electron chi connectivity index (χ3n) is 3.78. The average molecular weight is 340 g/mol. The molecule has 8 nitrogen and oxygen atoms in total. The van der Waals surface area contributed by atoms with Crippen LogP contribution in [0.5, 0.6) is 5.75 Å². The van der Waals surface area contributed by atoms with E-state index in [9.17, 15) is 9.18 Å². The molecule has 1 aromatic carbocycles. The lowest BCUT2D eigenvalue weighted by Crippen LogP contribution is -2.21. The lowest BCUT2D eigenvalue weighted by atomic mass is 10.2. The third kappa shape index (κ3) is 2.36. The number of nitrogens with one attached hydrogen (secondary N) is 1. The zero-order chi connectivity index (χ0) is 17.6. The largest absolute Gasteiger partial charge is 0.494 e. The van der Waals surface area contributed by atoms with E-state index in [0.29, 0.717) is 22.4 Å². The first-order valence-electron chi connectivity index (χ1n) is 7.40. The van der Waals surface area contributed by atoms with Crippen molar-refractivity contribution >= 4 is 11.0 Å². The summed E-state index contributed by atoms with van der Waals surface area (Å²) in [6.45, 7) is 0. The second-order valence-corrected chi connectivity index (χ2v) is 5.39. The van der Waals surface area contributed by atoms with E-state index in [1.54, 1.807) is 30.1 Å². The molecular formula is C16H13FN6O2. The number of para-hydroxylation sites is 1. The fourth-order valence-electron chi connectivity index (χ4n) is 2.63. The van der Waals surface area contributed by atoms with Gasteiger partial charge in [0, 0.05) is 19.3 Å². The van der Waals surface area contributed by atoms with Crippen molar-refractivity contribution in [1.82, 2.24) is 29.8 Å². The van der Waals surface area contributed by atoms with E-state index in [-0.39, 0.29) is 11.4 Å². The van der Waals surface area contributed by atoms with E-state index < -0.39 is 11.4 Å². The first kappa shape index (κ1) is 15.1. The molecule has 0 spiro atoms. The van der Waals surface area contributed by atoms with Gasteiger partial charge in [0.15, 0.2) is 5.82 Å². The number of hydrogen-bond donors (Lipinski definition) is 1. The first-order chi connectivity index (χ1) is 12.1. The monoisotopic (exact) mass is 340 g/mol. The standard InChI is InChI=1S/C16H13FN6O2/c1-22-7-6-10(20-22)14-15-11(18-19-14)8-13(24)23(21-15)16-9(17)4-3-5-12(16)25-2/h3-8,18H,1-2H3. The number of methoxy groups -OCH3 is 1. The quantitative estimate of drug-likeness (QED) is 0.612. The van der Waals surface area contributed by atoms with Gasteiger partial charge in [0.1, 0.15) is 28.3 Å². The molecule has 0 unspecified atom stereocenters. The van der Waals surface area contributed by atoms with Crippen LogP contribution in [0.15, 0.2) is 41.3 Å². The number of hydrogen-bond acceptors (Lipinski definition) is 5. The Bertz CT molecular complexity index is 1140. The minimum atomic E-state index is -0.615. The van der Waals surface area contributed by atoms with Crippen LogP contribution in [0.25, 0.3) is 28.1 Å². The third-order valence-corrected chi connectivity index (χ3v) is 3.78. The molecule has 126 valence electrons. The van der Waals surface area contributed by atoms with Crippen molar-refractivity contribution in [3.63, 3.8) is 0 Å². The number of aromatic nitrogens is 6. The number of ether oxygens (including phenoxy) is 1. The van der Waals surface area contributed by atoms with Crippen molar-refractivity contribution in [2.24, 2.45) is 7.05 Å². The van der Waals surface area contributed by atoms with Gasteiger partial charge < -0.3 is 4.74 Å². The molecule has 1 N–H and O–H groups in total. The molecule has 0 amide bonds. The number of aromatic amines is 1. The molecule has 0 aliphatic rings.